The molecule has 7 nitrogen and oxygen atoms in total. The third-order valence-electron chi connectivity index (χ3n) is 7.64. The topological polar surface area (TPSA) is 62.3 Å². The van der Waals surface area contributed by atoms with Crippen LogP contribution in [0.4, 0.5) is 10.5 Å². The van der Waals surface area contributed by atoms with Crippen molar-refractivity contribution in [2.45, 2.75) is 58.6 Å². The number of hydrogen-bond donors (Lipinski definition) is 0. The molecule has 37 heavy (non-hydrogen) atoms. The van der Waals surface area contributed by atoms with Crippen LogP contribution in [0.2, 0.25) is 0 Å². The van der Waals surface area contributed by atoms with E-state index in [1.807, 2.05) is 42.2 Å². The fourth-order valence-electron chi connectivity index (χ4n) is 5.48. The molecule has 2 aromatic rings. The Kier molecular flexibility index (Phi) is 9.45. The van der Waals surface area contributed by atoms with E-state index in [1.165, 1.54) is 16.8 Å². The van der Waals surface area contributed by atoms with E-state index in [9.17, 15) is 9.59 Å². The van der Waals surface area contributed by atoms with E-state index < -0.39 is 0 Å². The van der Waals surface area contributed by atoms with Crippen LogP contribution in [0.25, 0.3) is 0 Å². The summed E-state index contributed by atoms with van der Waals surface area (Å²) in [7, 11) is 0. The molecule has 4 rings (SSSR count). The fraction of sp³-hybridized carbons (Fsp3) is 0.533. The second-order valence-electron chi connectivity index (χ2n) is 10.0. The van der Waals surface area contributed by atoms with Gasteiger partial charge in [0.15, 0.2) is 0 Å². The van der Waals surface area contributed by atoms with Gasteiger partial charge in [-0.05, 0) is 54.5 Å². The summed E-state index contributed by atoms with van der Waals surface area (Å²) >= 11 is 0. The van der Waals surface area contributed by atoms with Gasteiger partial charge in [0.1, 0.15) is 6.61 Å². The molecule has 1 fully saturated rings. The number of nitrogens with zero attached hydrogens (tertiary/aromatic N) is 3. The largest absolute Gasteiger partial charge is 0.466 e. The molecule has 2 aliphatic rings. The quantitative estimate of drug-likeness (QED) is 0.449. The minimum Gasteiger partial charge on any atom is -0.466 e. The second-order valence-corrected chi connectivity index (χ2v) is 10.0. The van der Waals surface area contributed by atoms with Crippen molar-refractivity contribution in [2.75, 3.05) is 50.8 Å². The molecule has 1 amide bonds. The highest BCUT2D eigenvalue weighted by Gasteiger charge is 2.32. The van der Waals surface area contributed by atoms with Gasteiger partial charge in [0.05, 0.1) is 19.1 Å². The zero-order valence-electron chi connectivity index (χ0n) is 22.5. The van der Waals surface area contributed by atoms with Crippen LogP contribution in [0.5, 0.6) is 0 Å². The van der Waals surface area contributed by atoms with Crippen LogP contribution in [0, 0.1) is 0 Å². The highest BCUT2D eigenvalue weighted by Crippen LogP contribution is 2.39. The number of rotatable bonds is 8. The monoisotopic (exact) mass is 507 g/mol. The molecule has 2 aromatic carbocycles. The number of benzene rings is 2. The molecule has 0 aliphatic carbocycles. The average molecular weight is 508 g/mol. The summed E-state index contributed by atoms with van der Waals surface area (Å²) in [5.74, 6) is 0.256. The van der Waals surface area contributed by atoms with Gasteiger partial charge < -0.3 is 19.3 Å². The van der Waals surface area contributed by atoms with Crippen molar-refractivity contribution < 1.29 is 19.1 Å². The summed E-state index contributed by atoms with van der Waals surface area (Å²) in [6, 6.07) is 16.6. The predicted octanol–water partition coefficient (Wildman–Crippen LogP) is 5.36. The van der Waals surface area contributed by atoms with Crippen LogP contribution >= 0.6 is 0 Å². The number of piperazine rings is 1. The molecule has 2 heterocycles. The van der Waals surface area contributed by atoms with Crippen LogP contribution in [-0.4, -0.2) is 67.7 Å². The first-order chi connectivity index (χ1) is 18.0. The van der Waals surface area contributed by atoms with Gasteiger partial charge in [0.25, 0.3) is 0 Å². The first kappa shape index (κ1) is 27.0. The van der Waals surface area contributed by atoms with Crippen molar-refractivity contribution >= 4 is 17.7 Å². The molecule has 0 spiro atoms. The molecule has 0 N–H and O–H groups in total. The number of esters is 1. The molecule has 0 unspecified atom stereocenters. The number of anilines is 1. The number of carbonyl (C=O) groups excluding carboxylic acids is 2. The van der Waals surface area contributed by atoms with Crippen LogP contribution in [0.3, 0.4) is 0 Å². The highest BCUT2D eigenvalue weighted by molar-refractivity contribution is 5.70. The Bertz CT molecular complexity index is 1040. The van der Waals surface area contributed by atoms with Crippen molar-refractivity contribution in [3.05, 3.63) is 65.2 Å². The van der Waals surface area contributed by atoms with E-state index in [4.69, 9.17) is 9.47 Å². The summed E-state index contributed by atoms with van der Waals surface area (Å²) in [6.07, 6.45) is 1.96. The van der Waals surface area contributed by atoms with Gasteiger partial charge in [-0.1, -0.05) is 50.2 Å². The number of ether oxygens (including phenoxy) is 2. The molecular formula is C30H41N3O4. The maximum Gasteiger partial charge on any atom is 0.410 e. The normalized spacial score (nSPS) is 20.2. The standard InChI is InChI=1S/C30H41N3O4/c1-4-28-27-21-25(32-19-17-31(18-20-32)15-14-29(34)36-5-2)11-12-26(27)23(3)13-16-33(28)30(35)37-22-24-9-7-6-8-10-24/h6-12,21,23,28H,4-5,13-20,22H2,1-3H3/t23-,28-/m0/s1. The lowest BCUT2D eigenvalue weighted by molar-refractivity contribution is -0.143. The summed E-state index contributed by atoms with van der Waals surface area (Å²) in [6.45, 7) is 12.1. The first-order valence-electron chi connectivity index (χ1n) is 13.7. The lowest BCUT2D eigenvalue weighted by Gasteiger charge is -2.37. The Morgan fingerprint density at radius 1 is 0.919 bits per heavy atom. The van der Waals surface area contributed by atoms with Crippen LogP contribution < -0.4 is 4.90 Å². The maximum atomic E-state index is 13.2. The molecule has 2 atom stereocenters. The molecular weight excluding hydrogens is 466 g/mol. The smallest absolute Gasteiger partial charge is 0.410 e. The maximum absolute atomic E-state index is 13.2. The zero-order valence-corrected chi connectivity index (χ0v) is 22.5. The van der Waals surface area contributed by atoms with E-state index in [1.54, 1.807) is 0 Å². The summed E-state index contributed by atoms with van der Waals surface area (Å²) in [5.41, 5.74) is 4.78. The van der Waals surface area contributed by atoms with E-state index in [-0.39, 0.29) is 24.7 Å². The van der Waals surface area contributed by atoms with Crippen molar-refractivity contribution in [1.29, 1.82) is 0 Å². The van der Waals surface area contributed by atoms with Crippen molar-refractivity contribution in [2.24, 2.45) is 0 Å². The minimum atomic E-state index is -0.239. The van der Waals surface area contributed by atoms with E-state index >= 15 is 0 Å². The lowest BCUT2D eigenvalue weighted by Crippen LogP contribution is -2.47. The van der Waals surface area contributed by atoms with Gasteiger partial charge in [-0.15, -0.1) is 0 Å². The number of fused-ring (bicyclic) bond motifs is 1. The summed E-state index contributed by atoms with van der Waals surface area (Å²) < 4.78 is 10.8. The minimum absolute atomic E-state index is 0.00552. The molecule has 0 aromatic heterocycles. The molecule has 2 aliphatic heterocycles. The van der Waals surface area contributed by atoms with E-state index in [0.717, 1.165) is 51.1 Å². The Morgan fingerprint density at radius 3 is 2.38 bits per heavy atom. The first-order valence-corrected chi connectivity index (χ1v) is 13.7. The number of hydrogen-bond acceptors (Lipinski definition) is 6. The van der Waals surface area contributed by atoms with Gasteiger partial charge in [-0.25, -0.2) is 4.79 Å². The zero-order chi connectivity index (χ0) is 26.2. The fourth-order valence-corrected chi connectivity index (χ4v) is 5.48. The molecule has 7 heteroatoms. The second kappa shape index (κ2) is 13.0. The third-order valence-corrected chi connectivity index (χ3v) is 7.64. The lowest BCUT2D eigenvalue weighted by atomic mass is 9.90. The van der Waals surface area contributed by atoms with Gasteiger partial charge >= 0.3 is 12.1 Å². The molecule has 1 saturated heterocycles. The van der Waals surface area contributed by atoms with Crippen molar-refractivity contribution in [3.63, 3.8) is 0 Å². The van der Waals surface area contributed by atoms with Gasteiger partial charge in [0, 0.05) is 45.0 Å². The van der Waals surface area contributed by atoms with Crippen LogP contribution in [-0.2, 0) is 20.9 Å². The molecule has 0 bridgehead atoms. The predicted molar refractivity (Wildman–Crippen MR) is 146 cm³/mol. The van der Waals surface area contributed by atoms with Crippen molar-refractivity contribution in [1.82, 2.24) is 9.80 Å². The summed E-state index contributed by atoms with van der Waals surface area (Å²) in [5, 5.41) is 0. The third kappa shape index (κ3) is 6.83. The van der Waals surface area contributed by atoms with E-state index in [2.05, 4.69) is 41.8 Å². The van der Waals surface area contributed by atoms with Gasteiger partial charge in [0.2, 0.25) is 0 Å². The SMILES string of the molecule is CCOC(=O)CCN1CCN(c2ccc3c(c2)[C@H](CC)N(C(=O)OCc2ccccc2)CC[C@@H]3C)CC1. The molecule has 0 saturated carbocycles. The number of carbonyl (C=O) groups is 2. The van der Waals surface area contributed by atoms with Crippen LogP contribution in [0.1, 0.15) is 68.7 Å². The Hall–Kier alpha value is -3.06. The van der Waals surface area contributed by atoms with Gasteiger partial charge in [-0.2, -0.15) is 0 Å². The Labute approximate surface area is 221 Å². The highest BCUT2D eigenvalue weighted by atomic mass is 16.6. The van der Waals surface area contributed by atoms with Gasteiger partial charge in [-0.3, -0.25) is 9.69 Å². The Balaban J connectivity index is 1.44. The Morgan fingerprint density at radius 2 is 1.68 bits per heavy atom. The van der Waals surface area contributed by atoms with Crippen molar-refractivity contribution in [3.8, 4) is 0 Å². The van der Waals surface area contributed by atoms with E-state index in [0.29, 0.717) is 25.5 Å². The number of amides is 1. The van der Waals surface area contributed by atoms with Crippen LogP contribution in [0.15, 0.2) is 48.5 Å². The molecule has 0 radical (unpaired) electrons. The summed E-state index contributed by atoms with van der Waals surface area (Å²) in [4.78, 5) is 31.6. The molecule has 200 valence electrons. The average Bonchev–Trinajstić information content (AvgIpc) is 3.07.